The zero-order chi connectivity index (χ0) is 20.5. The molecular weight excluding hydrogens is 397 g/mol. The summed E-state index contributed by atoms with van der Waals surface area (Å²) in [4.78, 5) is 16.4. The van der Waals surface area contributed by atoms with Gasteiger partial charge in [0.15, 0.2) is 27.9 Å². The van der Waals surface area contributed by atoms with Gasteiger partial charge in [-0.3, -0.25) is 9.20 Å². The van der Waals surface area contributed by atoms with E-state index in [1.807, 2.05) is 0 Å². The topological polar surface area (TPSA) is 62.1 Å². The maximum atomic E-state index is 13.3. The number of alkyl halides is 3. The molecule has 0 amide bonds. The molecule has 3 rings (SSSR count). The van der Waals surface area contributed by atoms with Crippen LogP contribution in [-0.4, -0.2) is 36.5 Å². The van der Waals surface area contributed by atoms with Crippen LogP contribution in [0.2, 0.25) is 0 Å². The summed E-state index contributed by atoms with van der Waals surface area (Å²) in [5.41, 5.74) is -1.09. The zero-order valence-corrected chi connectivity index (χ0v) is 15.9. The average Bonchev–Trinajstić information content (AvgIpc) is 3.26. The molecule has 148 valence electrons. The Morgan fingerprint density at radius 2 is 1.79 bits per heavy atom. The fourth-order valence-electron chi connectivity index (χ4n) is 2.65. The smallest absolute Gasteiger partial charge is 0.435 e. The van der Waals surface area contributed by atoms with Crippen LogP contribution < -0.4 is 14.2 Å². The lowest BCUT2D eigenvalue weighted by Crippen LogP contribution is -2.08. The van der Waals surface area contributed by atoms with Gasteiger partial charge >= 0.3 is 6.18 Å². The van der Waals surface area contributed by atoms with Gasteiger partial charge in [0, 0.05) is 17.1 Å². The molecule has 0 N–H and O–H groups in total. The number of allylic oxidation sites excluding steroid dienone is 1. The van der Waals surface area contributed by atoms with Crippen molar-refractivity contribution in [3.8, 4) is 17.2 Å². The van der Waals surface area contributed by atoms with E-state index < -0.39 is 17.7 Å². The molecule has 6 nitrogen and oxygen atoms in total. The van der Waals surface area contributed by atoms with E-state index >= 15 is 0 Å². The Balaban J connectivity index is 2.01. The predicted octanol–water partition coefficient (Wildman–Crippen LogP) is 4.34. The quantitative estimate of drug-likeness (QED) is 0.445. The predicted molar refractivity (Wildman–Crippen MR) is 97.5 cm³/mol. The molecule has 0 atom stereocenters. The molecule has 0 saturated carbocycles. The Labute approximate surface area is 161 Å². The third-order valence-electron chi connectivity index (χ3n) is 3.91. The standard InChI is InChI=1S/C18H15F3N2O4S/c1-25-13-8-10(9-14(26-2)15(13)27-3)12(24)5-4-11-16(18(19,20)21)22-17-23(11)6-7-28-17/h4-9H,1-3H3/b5-4+. The molecule has 1 aromatic carbocycles. The first-order valence-corrected chi connectivity index (χ1v) is 8.73. The van der Waals surface area contributed by atoms with Crippen LogP contribution >= 0.6 is 11.3 Å². The summed E-state index contributed by atoms with van der Waals surface area (Å²) >= 11 is 1.07. The fourth-order valence-corrected chi connectivity index (χ4v) is 3.37. The van der Waals surface area contributed by atoms with Crippen molar-refractivity contribution in [3.05, 3.63) is 46.7 Å². The minimum absolute atomic E-state index is 0.172. The van der Waals surface area contributed by atoms with E-state index in [1.165, 1.54) is 44.1 Å². The lowest BCUT2D eigenvalue weighted by atomic mass is 10.1. The molecule has 0 saturated heterocycles. The number of imidazole rings is 1. The largest absolute Gasteiger partial charge is 0.493 e. The second-order valence-electron chi connectivity index (χ2n) is 5.51. The lowest BCUT2D eigenvalue weighted by molar-refractivity contribution is -0.140. The Morgan fingerprint density at radius 1 is 1.14 bits per heavy atom. The summed E-state index contributed by atoms with van der Waals surface area (Å²) in [6.45, 7) is 0. The van der Waals surface area contributed by atoms with E-state index in [4.69, 9.17) is 14.2 Å². The Bertz CT molecular complexity index is 1030. The number of fused-ring (bicyclic) bond motifs is 1. The number of hydrogen-bond donors (Lipinski definition) is 0. The minimum Gasteiger partial charge on any atom is -0.493 e. The zero-order valence-electron chi connectivity index (χ0n) is 15.0. The van der Waals surface area contributed by atoms with Gasteiger partial charge in [-0.2, -0.15) is 13.2 Å². The highest BCUT2D eigenvalue weighted by molar-refractivity contribution is 7.15. The van der Waals surface area contributed by atoms with E-state index in [0.29, 0.717) is 5.75 Å². The van der Waals surface area contributed by atoms with Crippen molar-refractivity contribution < 1.29 is 32.2 Å². The van der Waals surface area contributed by atoms with Crippen molar-refractivity contribution in [1.29, 1.82) is 0 Å². The summed E-state index contributed by atoms with van der Waals surface area (Å²) in [6, 6.07) is 2.85. The van der Waals surface area contributed by atoms with E-state index in [-0.39, 0.29) is 27.7 Å². The van der Waals surface area contributed by atoms with Crippen LogP contribution in [0.4, 0.5) is 13.2 Å². The van der Waals surface area contributed by atoms with Crippen molar-refractivity contribution in [2.24, 2.45) is 0 Å². The van der Waals surface area contributed by atoms with Gasteiger partial charge in [-0.1, -0.05) is 0 Å². The third kappa shape index (κ3) is 3.55. The molecule has 0 aliphatic rings. The summed E-state index contributed by atoms with van der Waals surface area (Å²) < 4.78 is 56.6. The van der Waals surface area contributed by atoms with Crippen molar-refractivity contribution in [2.75, 3.05) is 21.3 Å². The number of halogens is 3. The number of hydrogen-bond acceptors (Lipinski definition) is 6. The highest BCUT2D eigenvalue weighted by Gasteiger charge is 2.37. The second-order valence-corrected chi connectivity index (χ2v) is 6.38. The number of methoxy groups -OCH3 is 3. The molecule has 0 bridgehead atoms. The number of ether oxygens (including phenoxy) is 3. The number of carbonyl (C=O) groups is 1. The monoisotopic (exact) mass is 412 g/mol. The van der Waals surface area contributed by atoms with Gasteiger partial charge in [0.1, 0.15) is 0 Å². The number of carbonyl (C=O) groups excluding carboxylic acids is 1. The molecule has 0 fully saturated rings. The minimum atomic E-state index is -4.64. The highest BCUT2D eigenvalue weighted by Crippen LogP contribution is 2.38. The first kappa shape index (κ1) is 19.7. The molecule has 0 aliphatic heterocycles. The maximum Gasteiger partial charge on any atom is 0.435 e. The summed E-state index contributed by atoms with van der Waals surface area (Å²) in [7, 11) is 4.22. The average molecular weight is 412 g/mol. The van der Waals surface area contributed by atoms with Crippen molar-refractivity contribution in [3.63, 3.8) is 0 Å². The first-order chi connectivity index (χ1) is 13.3. The van der Waals surface area contributed by atoms with Gasteiger partial charge < -0.3 is 14.2 Å². The van der Waals surface area contributed by atoms with E-state index in [0.717, 1.165) is 23.5 Å². The van der Waals surface area contributed by atoms with Gasteiger partial charge in [0.2, 0.25) is 5.75 Å². The highest BCUT2D eigenvalue weighted by atomic mass is 32.1. The van der Waals surface area contributed by atoms with Gasteiger partial charge in [0.05, 0.1) is 27.0 Å². The molecule has 3 aromatic rings. The molecule has 28 heavy (non-hydrogen) atoms. The fraction of sp³-hybridized carbons (Fsp3) is 0.222. The maximum absolute atomic E-state index is 13.3. The van der Waals surface area contributed by atoms with Crippen LogP contribution in [0, 0.1) is 0 Å². The van der Waals surface area contributed by atoms with Crippen molar-refractivity contribution in [2.45, 2.75) is 6.18 Å². The summed E-state index contributed by atoms with van der Waals surface area (Å²) in [5.74, 6) is 0.302. The molecule has 0 unspecified atom stereocenters. The molecule has 2 aromatic heterocycles. The second kappa shape index (κ2) is 7.55. The molecule has 0 aliphatic carbocycles. The van der Waals surface area contributed by atoms with Gasteiger partial charge in [0.25, 0.3) is 0 Å². The SMILES string of the molecule is COc1cc(C(=O)/C=C/c2c(C(F)(F)F)nc3sccn23)cc(OC)c1OC. The number of aromatic nitrogens is 2. The molecule has 0 radical (unpaired) electrons. The number of rotatable bonds is 6. The number of nitrogens with zero attached hydrogens (tertiary/aromatic N) is 2. The number of benzene rings is 1. The van der Waals surface area contributed by atoms with Crippen molar-refractivity contribution >= 4 is 28.2 Å². The lowest BCUT2D eigenvalue weighted by Gasteiger charge is -2.13. The van der Waals surface area contributed by atoms with Crippen LogP contribution in [-0.2, 0) is 6.18 Å². The normalized spacial score (nSPS) is 11.9. The van der Waals surface area contributed by atoms with Crippen molar-refractivity contribution in [1.82, 2.24) is 9.38 Å². The third-order valence-corrected chi connectivity index (χ3v) is 4.67. The Kier molecular flexibility index (Phi) is 5.32. The summed E-state index contributed by atoms with van der Waals surface area (Å²) in [5, 5.41) is 1.61. The van der Waals surface area contributed by atoms with Crippen LogP contribution in [0.15, 0.2) is 29.8 Å². The Hall–Kier alpha value is -3.01. The van der Waals surface area contributed by atoms with Crippen LogP contribution in [0.25, 0.3) is 11.0 Å². The first-order valence-electron chi connectivity index (χ1n) is 7.85. The summed E-state index contributed by atoms with van der Waals surface area (Å²) in [6.07, 6.45) is -1.02. The molecule has 2 heterocycles. The van der Waals surface area contributed by atoms with Gasteiger partial charge in [-0.05, 0) is 24.3 Å². The molecule has 0 spiro atoms. The molecule has 10 heteroatoms. The van der Waals surface area contributed by atoms with Gasteiger partial charge in [-0.25, -0.2) is 4.98 Å². The Morgan fingerprint density at radius 3 is 2.32 bits per heavy atom. The van der Waals surface area contributed by atoms with Crippen LogP contribution in [0.1, 0.15) is 21.7 Å². The van der Waals surface area contributed by atoms with E-state index in [2.05, 4.69) is 4.98 Å². The van der Waals surface area contributed by atoms with Gasteiger partial charge in [-0.15, -0.1) is 11.3 Å². The van der Waals surface area contributed by atoms with E-state index in [9.17, 15) is 18.0 Å². The molecular formula is C18H15F3N2O4S. The van der Waals surface area contributed by atoms with Crippen LogP contribution in [0.5, 0.6) is 17.2 Å². The number of ketones is 1. The van der Waals surface area contributed by atoms with Crippen LogP contribution in [0.3, 0.4) is 0 Å². The van der Waals surface area contributed by atoms with E-state index in [1.54, 1.807) is 5.38 Å². The number of thiazole rings is 1.